The molecule has 0 aliphatic rings. The first-order valence-corrected chi connectivity index (χ1v) is 6.86. The van der Waals surface area contributed by atoms with Gasteiger partial charge in [-0.25, -0.2) is 4.79 Å². The number of nitrogens with one attached hydrogen (secondary N) is 3. The number of hydrogen-bond donors (Lipinski definition) is 4. The Kier molecular flexibility index (Phi) is 10.4. The molecule has 0 aromatic heterocycles. The Morgan fingerprint density at radius 2 is 1.60 bits per heavy atom. The van der Waals surface area contributed by atoms with Gasteiger partial charge in [0, 0.05) is 5.57 Å². The Morgan fingerprint density at radius 1 is 1.25 bits per heavy atom. The molecule has 0 aromatic rings. The molecule has 0 aliphatic heterocycles. The van der Waals surface area contributed by atoms with E-state index in [0.717, 1.165) is 7.11 Å². The van der Waals surface area contributed by atoms with Gasteiger partial charge < -0.3 is 4.74 Å². The smallest absolute Gasteiger partial charge is 0.397 e. The normalized spacial score (nSPS) is 11.3. The standard InChI is InChI=1S/C9H19N3O2.CH4O4S/c1-7(2)8(13)14-6-9(10-3,11-4)12-5;1-5-6(2,3)4/h10-12H,1,6H2,2-5H3;1H3,(H,2,3,4). The van der Waals surface area contributed by atoms with Crippen molar-refractivity contribution >= 4 is 16.4 Å². The lowest BCUT2D eigenvalue weighted by molar-refractivity contribution is -0.142. The zero-order valence-corrected chi connectivity index (χ0v) is 13.1. The highest BCUT2D eigenvalue weighted by Gasteiger charge is 2.25. The third kappa shape index (κ3) is 9.83. The zero-order valence-electron chi connectivity index (χ0n) is 12.3. The zero-order chi connectivity index (χ0) is 16.4. The molecule has 0 spiro atoms. The minimum Gasteiger partial charge on any atom is -0.457 e. The molecule has 0 saturated carbocycles. The van der Waals surface area contributed by atoms with Crippen LogP contribution in [0.2, 0.25) is 0 Å². The molecule has 4 N–H and O–H groups in total. The molecule has 0 fully saturated rings. The van der Waals surface area contributed by atoms with E-state index >= 15 is 0 Å². The Hall–Kier alpha value is -1.04. The Morgan fingerprint density at radius 3 is 1.80 bits per heavy atom. The van der Waals surface area contributed by atoms with Crippen LogP contribution in [0.5, 0.6) is 0 Å². The van der Waals surface area contributed by atoms with Crippen molar-refractivity contribution in [2.45, 2.75) is 12.7 Å². The lowest BCUT2D eigenvalue weighted by Crippen LogP contribution is -2.66. The Bertz CT molecular complexity index is 397. The van der Waals surface area contributed by atoms with E-state index in [2.05, 4.69) is 26.7 Å². The molecule has 0 bridgehead atoms. The van der Waals surface area contributed by atoms with E-state index in [1.165, 1.54) is 0 Å². The molecule has 120 valence electrons. The van der Waals surface area contributed by atoms with Gasteiger partial charge in [0.05, 0.1) is 7.11 Å². The summed E-state index contributed by atoms with van der Waals surface area (Å²) < 4.78 is 34.7. The summed E-state index contributed by atoms with van der Waals surface area (Å²) in [7, 11) is 2.00. The van der Waals surface area contributed by atoms with Crippen LogP contribution in [0.15, 0.2) is 12.2 Å². The average Bonchev–Trinajstić information content (AvgIpc) is 2.40. The summed E-state index contributed by atoms with van der Waals surface area (Å²) in [6.07, 6.45) is 0. The maximum absolute atomic E-state index is 11.1. The van der Waals surface area contributed by atoms with Crippen LogP contribution in [0.3, 0.4) is 0 Å². The summed E-state index contributed by atoms with van der Waals surface area (Å²) >= 11 is 0. The van der Waals surface area contributed by atoms with Crippen molar-refractivity contribution < 1.29 is 26.7 Å². The van der Waals surface area contributed by atoms with Gasteiger partial charge in [0.2, 0.25) is 0 Å². The molecule has 9 nitrogen and oxygen atoms in total. The molecule has 0 aliphatic carbocycles. The number of carbonyl (C=O) groups is 1. The number of hydrogen-bond acceptors (Lipinski definition) is 8. The van der Waals surface area contributed by atoms with Crippen molar-refractivity contribution in [3.05, 3.63) is 12.2 Å². The second-order valence-corrected chi connectivity index (χ2v) is 4.79. The monoisotopic (exact) mass is 313 g/mol. The topological polar surface area (TPSA) is 126 Å². The SMILES string of the molecule is C=C(C)C(=O)OCC(NC)(NC)NC.COS(=O)(=O)O. The molecule has 0 unspecified atom stereocenters. The first kappa shape index (κ1) is 21.3. The molecule has 0 heterocycles. The maximum atomic E-state index is 11.1. The van der Waals surface area contributed by atoms with E-state index < -0.39 is 22.2 Å². The minimum absolute atomic E-state index is 0.183. The fourth-order valence-electron chi connectivity index (χ4n) is 0.889. The quantitative estimate of drug-likeness (QED) is 0.199. The summed E-state index contributed by atoms with van der Waals surface area (Å²) in [6.45, 7) is 5.29. The minimum atomic E-state index is -4.16. The van der Waals surface area contributed by atoms with Crippen molar-refractivity contribution in [3.63, 3.8) is 0 Å². The van der Waals surface area contributed by atoms with Crippen molar-refractivity contribution in [2.24, 2.45) is 0 Å². The van der Waals surface area contributed by atoms with Gasteiger partial charge in [0.25, 0.3) is 0 Å². The maximum Gasteiger partial charge on any atom is 0.397 e. The fourth-order valence-corrected chi connectivity index (χ4v) is 0.889. The number of rotatable bonds is 7. The molecular weight excluding hydrogens is 290 g/mol. The lowest BCUT2D eigenvalue weighted by atomic mass is 10.3. The van der Waals surface area contributed by atoms with Crippen LogP contribution in [-0.2, 0) is 24.1 Å². The highest BCUT2D eigenvalue weighted by molar-refractivity contribution is 7.80. The van der Waals surface area contributed by atoms with Crippen molar-refractivity contribution in [1.29, 1.82) is 0 Å². The third-order valence-electron chi connectivity index (χ3n) is 2.26. The van der Waals surface area contributed by atoms with E-state index in [9.17, 15) is 13.2 Å². The number of esters is 1. The van der Waals surface area contributed by atoms with Crippen molar-refractivity contribution in [3.8, 4) is 0 Å². The van der Waals surface area contributed by atoms with Gasteiger partial charge >= 0.3 is 16.4 Å². The van der Waals surface area contributed by atoms with Gasteiger partial charge in [-0.3, -0.25) is 24.7 Å². The number of carbonyl (C=O) groups excluding carboxylic acids is 1. The van der Waals surface area contributed by atoms with E-state index in [1.54, 1.807) is 28.1 Å². The summed E-state index contributed by atoms with van der Waals surface area (Å²) in [5.74, 6) is -0.986. The third-order valence-corrected chi connectivity index (χ3v) is 2.68. The van der Waals surface area contributed by atoms with Crippen LogP contribution in [0.1, 0.15) is 6.92 Å². The Labute approximate surface area is 119 Å². The van der Waals surface area contributed by atoms with Crippen LogP contribution in [0.4, 0.5) is 0 Å². The van der Waals surface area contributed by atoms with E-state index in [0.29, 0.717) is 5.57 Å². The number of ether oxygens (including phenoxy) is 1. The molecule has 0 rings (SSSR count). The van der Waals surface area contributed by atoms with E-state index in [-0.39, 0.29) is 6.61 Å². The summed E-state index contributed by atoms with van der Waals surface area (Å²) in [5, 5.41) is 8.94. The van der Waals surface area contributed by atoms with Crippen LogP contribution in [-0.4, -0.2) is 59.6 Å². The molecular formula is C10H23N3O6S. The second kappa shape index (κ2) is 9.80. The molecule has 0 amide bonds. The summed E-state index contributed by atoms with van der Waals surface area (Å²) in [4.78, 5) is 11.1. The van der Waals surface area contributed by atoms with Gasteiger partial charge in [-0.05, 0) is 28.1 Å². The first-order valence-electron chi connectivity index (χ1n) is 5.49. The predicted molar refractivity (Wildman–Crippen MR) is 74.2 cm³/mol. The van der Waals surface area contributed by atoms with Crippen LogP contribution < -0.4 is 16.0 Å². The molecule has 0 saturated heterocycles. The summed E-state index contributed by atoms with van der Waals surface area (Å²) in [5.41, 5.74) is 0.391. The van der Waals surface area contributed by atoms with Gasteiger partial charge in [0.1, 0.15) is 6.61 Å². The van der Waals surface area contributed by atoms with E-state index in [1.807, 2.05) is 0 Å². The predicted octanol–water partition coefficient (Wildman–Crippen LogP) is -1.15. The van der Waals surface area contributed by atoms with Gasteiger partial charge in [-0.2, -0.15) is 8.42 Å². The van der Waals surface area contributed by atoms with Gasteiger partial charge in [0.15, 0.2) is 5.79 Å². The molecule has 0 atom stereocenters. The fraction of sp³-hybridized carbons (Fsp3) is 0.700. The molecule has 10 heteroatoms. The van der Waals surface area contributed by atoms with Crippen molar-refractivity contribution in [2.75, 3.05) is 34.9 Å². The average molecular weight is 313 g/mol. The Balaban J connectivity index is 0. The highest BCUT2D eigenvalue weighted by Crippen LogP contribution is 1.98. The van der Waals surface area contributed by atoms with Gasteiger partial charge in [-0.15, -0.1) is 0 Å². The largest absolute Gasteiger partial charge is 0.457 e. The lowest BCUT2D eigenvalue weighted by Gasteiger charge is -2.31. The van der Waals surface area contributed by atoms with Gasteiger partial charge in [-0.1, -0.05) is 6.58 Å². The molecule has 0 aromatic carbocycles. The second-order valence-electron chi connectivity index (χ2n) is 3.61. The van der Waals surface area contributed by atoms with Crippen LogP contribution in [0.25, 0.3) is 0 Å². The van der Waals surface area contributed by atoms with Crippen molar-refractivity contribution in [1.82, 2.24) is 16.0 Å². The molecule has 20 heavy (non-hydrogen) atoms. The first-order chi connectivity index (χ1) is 9.07. The summed E-state index contributed by atoms with van der Waals surface area (Å²) in [6, 6.07) is 0. The van der Waals surface area contributed by atoms with Crippen LogP contribution in [0, 0.1) is 0 Å². The highest BCUT2D eigenvalue weighted by atomic mass is 32.3. The number of likely N-dealkylation sites (N-methyl/N-ethyl adjacent to an activating group) is 3. The molecule has 0 radical (unpaired) electrons. The van der Waals surface area contributed by atoms with E-state index in [4.69, 9.17) is 9.29 Å². The van der Waals surface area contributed by atoms with Crippen LogP contribution >= 0.6 is 0 Å².